The quantitative estimate of drug-likeness (QED) is 0.612. The molecule has 0 spiro atoms. The number of aryl methyl sites for hydroxylation is 3. The average Bonchev–Trinajstić information content (AvgIpc) is 3.07. The zero-order chi connectivity index (χ0) is 21.3. The summed E-state index contributed by atoms with van der Waals surface area (Å²) in [6, 6.07) is 12.3. The molecule has 0 aliphatic carbocycles. The Labute approximate surface area is 182 Å². The number of halogens is 1. The van der Waals surface area contributed by atoms with E-state index in [0.717, 1.165) is 53.5 Å². The Kier molecular flexibility index (Phi) is 5.91. The van der Waals surface area contributed by atoms with Gasteiger partial charge in [-0.2, -0.15) is 5.10 Å². The molecule has 1 saturated heterocycles. The third kappa shape index (κ3) is 4.41. The normalized spacial score (nSPS) is 16.7. The fourth-order valence-electron chi connectivity index (χ4n) is 4.32. The molecule has 156 valence electrons. The topological polar surface area (TPSA) is 51.0 Å². The Morgan fingerprint density at radius 2 is 2.03 bits per heavy atom. The molecule has 0 saturated carbocycles. The monoisotopic (exact) mass is 422 g/mol. The van der Waals surface area contributed by atoms with Crippen LogP contribution in [0.5, 0.6) is 0 Å². The molecule has 1 atom stereocenters. The summed E-state index contributed by atoms with van der Waals surface area (Å²) in [5, 5.41) is 5.11. The van der Waals surface area contributed by atoms with Crippen LogP contribution < -0.4 is 0 Å². The zero-order valence-corrected chi connectivity index (χ0v) is 18.5. The van der Waals surface area contributed by atoms with Crippen LogP contribution in [0.2, 0.25) is 5.02 Å². The first-order valence-corrected chi connectivity index (χ1v) is 10.8. The van der Waals surface area contributed by atoms with Crippen LogP contribution in [-0.2, 0) is 13.5 Å². The number of amides is 1. The van der Waals surface area contributed by atoms with Gasteiger partial charge in [0.15, 0.2) is 0 Å². The van der Waals surface area contributed by atoms with Crippen molar-refractivity contribution in [1.82, 2.24) is 19.7 Å². The summed E-state index contributed by atoms with van der Waals surface area (Å²) < 4.78 is 1.70. The maximum Gasteiger partial charge on any atom is 0.257 e. The van der Waals surface area contributed by atoms with Crippen molar-refractivity contribution in [2.24, 2.45) is 7.05 Å². The maximum absolute atomic E-state index is 13.1. The van der Waals surface area contributed by atoms with Crippen LogP contribution in [0, 0.1) is 13.8 Å². The maximum atomic E-state index is 13.1. The largest absolute Gasteiger partial charge is 0.338 e. The first kappa shape index (κ1) is 20.6. The SMILES string of the molecule is Cc1cc(Cc2ccccc2Cl)cc([C@H]2CCCN(C(=O)c3cn(C)nc3C)C2)n1. The molecular formula is C24H27ClN4O. The molecule has 0 bridgehead atoms. The van der Waals surface area contributed by atoms with E-state index in [2.05, 4.69) is 23.3 Å². The number of carbonyl (C=O) groups excluding carboxylic acids is 1. The van der Waals surface area contributed by atoms with Crippen LogP contribution in [0.15, 0.2) is 42.6 Å². The summed E-state index contributed by atoms with van der Waals surface area (Å²) in [6.07, 6.45) is 4.61. The Bertz CT molecular complexity index is 1070. The lowest BCUT2D eigenvalue weighted by Gasteiger charge is -2.32. The van der Waals surface area contributed by atoms with Crippen molar-refractivity contribution in [3.8, 4) is 0 Å². The molecule has 5 nitrogen and oxygen atoms in total. The molecule has 0 radical (unpaired) electrons. The van der Waals surface area contributed by atoms with E-state index in [-0.39, 0.29) is 11.8 Å². The number of hydrogen-bond donors (Lipinski definition) is 0. The number of pyridine rings is 1. The van der Waals surface area contributed by atoms with Gasteiger partial charge in [0.25, 0.3) is 5.91 Å². The number of likely N-dealkylation sites (tertiary alicyclic amines) is 1. The summed E-state index contributed by atoms with van der Waals surface area (Å²) in [5.74, 6) is 0.304. The van der Waals surface area contributed by atoms with E-state index in [1.807, 2.05) is 50.2 Å². The first-order chi connectivity index (χ1) is 14.4. The minimum Gasteiger partial charge on any atom is -0.338 e. The van der Waals surface area contributed by atoms with Gasteiger partial charge in [-0.3, -0.25) is 14.5 Å². The molecule has 1 aliphatic heterocycles. The van der Waals surface area contributed by atoms with Crippen molar-refractivity contribution in [3.05, 3.63) is 81.4 Å². The van der Waals surface area contributed by atoms with Crippen molar-refractivity contribution >= 4 is 17.5 Å². The zero-order valence-electron chi connectivity index (χ0n) is 17.7. The number of rotatable bonds is 4. The van der Waals surface area contributed by atoms with Gasteiger partial charge in [-0.25, -0.2) is 0 Å². The van der Waals surface area contributed by atoms with E-state index < -0.39 is 0 Å². The Balaban J connectivity index is 1.55. The lowest BCUT2D eigenvalue weighted by molar-refractivity contribution is 0.0705. The number of benzene rings is 1. The Hall–Kier alpha value is -2.66. The van der Waals surface area contributed by atoms with Crippen LogP contribution in [-0.4, -0.2) is 38.7 Å². The van der Waals surface area contributed by atoms with Crippen molar-refractivity contribution in [2.75, 3.05) is 13.1 Å². The number of hydrogen-bond acceptors (Lipinski definition) is 3. The summed E-state index contributed by atoms with van der Waals surface area (Å²) in [6.45, 7) is 5.39. The predicted octanol–water partition coefficient (Wildman–Crippen LogP) is 4.70. The smallest absolute Gasteiger partial charge is 0.257 e. The third-order valence-electron chi connectivity index (χ3n) is 5.76. The van der Waals surface area contributed by atoms with E-state index in [4.69, 9.17) is 16.6 Å². The van der Waals surface area contributed by atoms with Crippen LogP contribution in [0.1, 0.15) is 57.3 Å². The van der Waals surface area contributed by atoms with Crippen LogP contribution in [0.25, 0.3) is 0 Å². The average molecular weight is 423 g/mol. The molecular weight excluding hydrogens is 396 g/mol. The second kappa shape index (κ2) is 8.60. The number of carbonyl (C=O) groups is 1. The molecule has 1 aliphatic rings. The number of nitrogens with zero attached hydrogens (tertiary/aromatic N) is 4. The molecule has 1 amide bonds. The van der Waals surface area contributed by atoms with Gasteiger partial charge in [0, 0.05) is 48.7 Å². The van der Waals surface area contributed by atoms with Gasteiger partial charge < -0.3 is 4.90 Å². The van der Waals surface area contributed by atoms with Gasteiger partial charge in [0.1, 0.15) is 0 Å². The highest BCUT2D eigenvalue weighted by Crippen LogP contribution is 2.29. The molecule has 2 aromatic heterocycles. The van der Waals surface area contributed by atoms with Gasteiger partial charge in [0.2, 0.25) is 0 Å². The minimum atomic E-state index is 0.0641. The molecule has 1 fully saturated rings. The van der Waals surface area contributed by atoms with Crippen molar-refractivity contribution in [1.29, 1.82) is 0 Å². The van der Waals surface area contributed by atoms with E-state index >= 15 is 0 Å². The molecule has 30 heavy (non-hydrogen) atoms. The highest BCUT2D eigenvalue weighted by atomic mass is 35.5. The molecule has 3 heterocycles. The first-order valence-electron chi connectivity index (χ1n) is 10.4. The van der Waals surface area contributed by atoms with Gasteiger partial charge in [0.05, 0.1) is 11.3 Å². The van der Waals surface area contributed by atoms with Gasteiger partial charge >= 0.3 is 0 Å². The fraction of sp³-hybridized carbons (Fsp3) is 0.375. The lowest BCUT2D eigenvalue weighted by Crippen LogP contribution is -2.39. The molecule has 0 unspecified atom stereocenters. The van der Waals surface area contributed by atoms with Gasteiger partial charge in [-0.15, -0.1) is 0 Å². The summed E-state index contributed by atoms with van der Waals surface area (Å²) in [7, 11) is 1.85. The predicted molar refractivity (Wildman–Crippen MR) is 119 cm³/mol. The second-order valence-corrected chi connectivity index (χ2v) is 8.61. The number of aromatic nitrogens is 3. The van der Waals surface area contributed by atoms with E-state index in [1.165, 1.54) is 5.56 Å². The van der Waals surface area contributed by atoms with Gasteiger partial charge in [-0.1, -0.05) is 29.8 Å². The highest BCUT2D eigenvalue weighted by Gasteiger charge is 2.28. The third-order valence-corrected chi connectivity index (χ3v) is 6.12. The standard InChI is InChI=1S/C24H27ClN4O/c1-16-11-18(12-19-7-4-5-9-22(19)25)13-23(26-16)20-8-6-10-29(14-20)24(30)21-15-28(3)27-17(21)2/h4-5,7,9,11,13,15,20H,6,8,10,12,14H2,1-3H3/t20-/m0/s1. The summed E-state index contributed by atoms with van der Waals surface area (Å²) in [4.78, 5) is 19.8. The van der Waals surface area contributed by atoms with E-state index in [1.54, 1.807) is 4.68 Å². The van der Waals surface area contributed by atoms with Crippen molar-refractivity contribution < 1.29 is 4.79 Å². The minimum absolute atomic E-state index is 0.0641. The van der Waals surface area contributed by atoms with E-state index in [0.29, 0.717) is 12.1 Å². The molecule has 4 rings (SSSR count). The Morgan fingerprint density at radius 1 is 1.23 bits per heavy atom. The molecule has 6 heteroatoms. The van der Waals surface area contributed by atoms with Crippen molar-refractivity contribution in [2.45, 2.75) is 39.0 Å². The van der Waals surface area contributed by atoms with Crippen LogP contribution in [0.3, 0.4) is 0 Å². The van der Waals surface area contributed by atoms with E-state index in [9.17, 15) is 4.79 Å². The fourth-order valence-corrected chi connectivity index (χ4v) is 4.53. The second-order valence-electron chi connectivity index (χ2n) is 8.20. The molecule has 3 aromatic rings. The van der Waals surface area contributed by atoms with Crippen molar-refractivity contribution in [3.63, 3.8) is 0 Å². The molecule has 1 aromatic carbocycles. The lowest BCUT2D eigenvalue weighted by atomic mass is 9.92. The summed E-state index contributed by atoms with van der Waals surface area (Å²) >= 11 is 6.36. The summed E-state index contributed by atoms with van der Waals surface area (Å²) in [5.41, 5.74) is 5.86. The van der Waals surface area contributed by atoms with Gasteiger partial charge in [-0.05, 0) is 62.4 Å². The molecule has 0 N–H and O–H groups in total. The van der Waals surface area contributed by atoms with Crippen LogP contribution >= 0.6 is 11.6 Å². The highest BCUT2D eigenvalue weighted by molar-refractivity contribution is 6.31. The van der Waals surface area contributed by atoms with Crippen LogP contribution in [0.4, 0.5) is 0 Å². The number of piperidine rings is 1. The Morgan fingerprint density at radius 3 is 2.77 bits per heavy atom.